The van der Waals surface area contributed by atoms with Gasteiger partial charge in [0, 0.05) is 4.91 Å². The maximum absolute atomic E-state index is 10.1. The van der Waals surface area contributed by atoms with E-state index in [2.05, 4.69) is 10.0 Å². The molecule has 7 heteroatoms. The average molecular weight is 279 g/mol. The lowest BCUT2D eigenvalue weighted by atomic mass is 9.98. The van der Waals surface area contributed by atoms with Gasteiger partial charge in [-0.25, -0.2) is 0 Å². The first-order valence-electron chi connectivity index (χ1n) is 6.36. The fourth-order valence-corrected chi connectivity index (χ4v) is 2.16. The van der Waals surface area contributed by atoms with E-state index in [0.717, 1.165) is 5.56 Å². The zero-order chi connectivity index (χ0) is 14.4. The van der Waals surface area contributed by atoms with Crippen LogP contribution in [0.2, 0.25) is 0 Å². The molecule has 0 bridgehead atoms. The molecule has 0 amide bonds. The van der Waals surface area contributed by atoms with Crippen molar-refractivity contribution in [3.05, 3.63) is 46.3 Å². The lowest BCUT2D eigenvalue weighted by molar-refractivity contribution is -0.176. The van der Waals surface area contributed by atoms with Crippen LogP contribution in [0.3, 0.4) is 0 Å². The van der Waals surface area contributed by atoms with Gasteiger partial charge in [0.1, 0.15) is 12.2 Å². The highest BCUT2D eigenvalue weighted by atomic mass is 16.5. The van der Waals surface area contributed by atoms with E-state index in [1.165, 1.54) is 0 Å². The molecule has 1 aliphatic rings. The number of nitrogens with zero attached hydrogens (tertiary/aromatic N) is 3. The van der Waals surface area contributed by atoms with Gasteiger partial charge < -0.3 is 19.7 Å². The maximum atomic E-state index is 10.1. The Morgan fingerprint density at radius 1 is 1.40 bits per heavy atom. The Morgan fingerprint density at radius 2 is 2.15 bits per heavy atom. The Kier molecular flexibility index (Phi) is 5.34. The first-order valence-corrected chi connectivity index (χ1v) is 6.36. The normalized spacial score (nSPS) is 29.7. The molecule has 0 spiro atoms. The molecule has 1 fully saturated rings. The molecule has 1 aromatic carbocycles. The van der Waals surface area contributed by atoms with E-state index in [4.69, 9.17) is 20.1 Å². The van der Waals surface area contributed by atoms with Crippen molar-refractivity contribution in [1.29, 1.82) is 0 Å². The fraction of sp³-hybridized carbons (Fsp3) is 0.538. The van der Waals surface area contributed by atoms with E-state index in [1.807, 2.05) is 30.3 Å². The SMILES string of the molecule is [N-]=[N+]=N[C@@H]1CO[C@H](CO)[C@@H](O)[C@@H]1OCc1ccccc1. The lowest BCUT2D eigenvalue weighted by Gasteiger charge is -2.37. The minimum atomic E-state index is -1.03. The third-order valence-corrected chi connectivity index (χ3v) is 3.24. The number of ether oxygens (including phenoxy) is 2. The van der Waals surface area contributed by atoms with Crippen molar-refractivity contribution in [2.45, 2.75) is 31.0 Å². The Labute approximate surface area is 116 Å². The van der Waals surface area contributed by atoms with Gasteiger partial charge in [-0.15, -0.1) is 0 Å². The summed E-state index contributed by atoms with van der Waals surface area (Å²) in [5.74, 6) is 0. The van der Waals surface area contributed by atoms with Crippen LogP contribution in [0.5, 0.6) is 0 Å². The second-order valence-electron chi connectivity index (χ2n) is 4.58. The molecular weight excluding hydrogens is 262 g/mol. The molecule has 0 saturated carbocycles. The molecule has 1 heterocycles. The summed E-state index contributed by atoms with van der Waals surface area (Å²) in [5.41, 5.74) is 9.50. The number of azide groups is 1. The number of hydrogen-bond acceptors (Lipinski definition) is 5. The molecule has 4 atom stereocenters. The van der Waals surface area contributed by atoms with Crippen LogP contribution in [0.4, 0.5) is 0 Å². The van der Waals surface area contributed by atoms with Crippen LogP contribution in [0.1, 0.15) is 5.56 Å². The highest BCUT2D eigenvalue weighted by molar-refractivity contribution is 5.13. The highest BCUT2D eigenvalue weighted by Gasteiger charge is 2.39. The molecule has 108 valence electrons. The molecule has 20 heavy (non-hydrogen) atoms. The van der Waals surface area contributed by atoms with Crippen LogP contribution in [-0.4, -0.2) is 47.8 Å². The van der Waals surface area contributed by atoms with E-state index in [-0.39, 0.29) is 19.8 Å². The lowest BCUT2D eigenvalue weighted by Crippen LogP contribution is -2.54. The van der Waals surface area contributed by atoms with Gasteiger partial charge in [0.2, 0.25) is 0 Å². The quantitative estimate of drug-likeness (QED) is 0.476. The van der Waals surface area contributed by atoms with Gasteiger partial charge in [0.25, 0.3) is 0 Å². The molecular formula is C13H17N3O4. The minimum absolute atomic E-state index is 0.117. The molecule has 1 aromatic rings. The van der Waals surface area contributed by atoms with Crippen LogP contribution in [0.25, 0.3) is 10.4 Å². The fourth-order valence-electron chi connectivity index (χ4n) is 2.16. The molecule has 0 aromatic heterocycles. The van der Waals surface area contributed by atoms with Crippen LogP contribution in [0, 0.1) is 0 Å². The standard InChI is InChI=1S/C13H17N3O4/c14-16-15-10-8-19-11(6-17)12(18)13(10)20-7-9-4-2-1-3-5-9/h1-5,10-13,17-18H,6-8H2/t10-,11-,12-,13-/m1/s1. The molecule has 0 radical (unpaired) electrons. The van der Waals surface area contributed by atoms with E-state index < -0.39 is 24.4 Å². The third-order valence-electron chi connectivity index (χ3n) is 3.24. The number of aliphatic hydroxyl groups excluding tert-OH is 2. The van der Waals surface area contributed by atoms with Crippen LogP contribution in [-0.2, 0) is 16.1 Å². The van der Waals surface area contributed by atoms with E-state index in [0.29, 0.717) is 0 Å². The van der Waals surface area contributed by atoms with Gasteiger partial charge in [-0.3, -0.25) is 0 Å². The van der Waals surface area contributed by atoms with E-state index >= 15 is 0 Å². The summed E-state index contributed by atoms with van der Waals surface area (Å²) in [6, 6.07) is 8.87. The monoisotopic (exact) mass is 279 g/mol. The van der Waals surface area contributed by atoms with Gasteiger partial charge in [-0.1, -0.05) is 35.4 Å². The molecule has 1 saturated heterocycles. The van der Waals surface area contributed by atoms with Gasteiger partial charge in [0.15, 0.2) is 0 Å². The molecule has 0 unspecified atom stereocenters. The summed E-state index contributed by atoms with van der Waals surface area (Å²) < 4.78 is 10.9. The zero-order valence-electron chi connectivity index (χ0n) is 10.9. The summed E-state index contributed by atoms with van der Waals surface area (Å²) in [4.78, 5) is 2.74. The van der Waals surface area contributed by atoms with Crippen molar-refractivity contribution >= 4 is 0 Å². The first kappa shape index (κ1) is 14.8. The van der Waals surface area contributed by atoms with Crippen molar-refractivity contribution in [2.24, 2.45) is 5.11 Å². The first-order chi connectivity index (χ1) is 9.76. The van der Waals surface area contributed by atoms with Gasteiger partial charge in [-0.2, -0.15) is 0 Å². The second-order valence-corrected chi connectivity index (χ2v) is 4.58. The summed E-state index contributed by atoms with van der Waals surface area (Å²) in [5, 5.41) is 22.8. The van der Waals surface area contributed by atoms with Crippen molar-refractivity contribution in [2.75, 3.05) is 13.2 Å². The molecule has 7 nitrogen and oxygen atoms in total. The topological polar surface area (TPSA) is 108 Å². The van der Waals surface area contributed by atoms with E-state index in [9.17, 15) is 5.11 Å². The van der Waals surface area contributed by atoms with Gasteiger partial charge in [-0.05, 0) is 11.1 Å². The second kappa shape index (κ2) is 7.23. The average Bonchev–Trinajstić information content (AvgIpc) is 2.48. The van der Waals surface area contributed by atoms with Gasteiger partial charge in [0.05, 0.1) is 32.0 Å². The van der Waals surface area contributed by atoms with Crippen molar-refractivity contribution in [3.8, 4) is 0 Å². The number of aliphatic hydroxyl groups is 2. The number of benzene rings is 1. The highest BCUT2D eigenvalue weighted by Crippen LogP contribution is 2.22. The van der Waals surface area contributed by atoms with Crippen molar-refractivity contribution < 1.29 is 19.7 Å². The largest absolute Gasteiger partial charge is 0.394 e. The van der Waals surface area contributed by atoms with Crippen molar-refractivity contribution in [1.82, 2.24) is 0 Å². The molecule has 1 aliphatic heterocycles. The van der Waals surface area contributed by atoms with Crippen LogP contribution < -0.4 is 0 Å². The molecule has 2 N–H and O–H groups in total. The Morgan fingerprint density at radius 3 is 2.80 bits per heavy atom. The predicted molar refractivity (Wildman–Crippen MR) is 70.8 cm³/mol. The summed E-state index contributed by atoms with van der Waals surface area (Å²) in [6.07, 6.45) is -2.45. The van der Waals surface area contributed by atoms with Crippen molar-refractivity contribution in [3.63, 3.8) is 0 Å². The van der Waals surface area contributed by atoms with Gasteiger partial charge >= 0.3 is 0 Å². The summed E-state index contributed by atoms with van der Waals surface area (Å²) >= 11 is 0. The minimum Gasteiger partial charge on any atom is -0.394 e. The smallest absolute Gasteiger partial charge is 0.109 e. The zero-order valence-corrected chi connectivity index (χ0v) is 10.9. The number of rotatable bonds is 5. The summed E-state index contributed by atoms with van der Waals surface area (Å²) in [6.45, 7) is 0.0965. The maximum Gasteiger partial charge on any atom is 0.109 e. The third kappa shape index (κ3) is 3.47. The van der Waals surface area contributed by atoms with Crippen LogP contribution >= 0.6 is 0 Å². The summed E-state index contributed by atoms with van der Waals surface area (Å²) in [7, 11) is 0. The van der Waals surface area contributed by atoms with E-state index in [1.54, 1.807) is 0 Å². The molecule has 0 aliphatic carbocycles. The predicted octanol–water partition coefficient (Wildman–Crippen LogP) is 1.00. The van der Waals surface area contributed by atoms with Crippen LogP contribution in [0.15, 0.2) is 35.4 Å². The molecule has 2 rings (SSSR count). The Bertz CT molecular complexity index is 464. The Hall–Kier alpha value is -1.63. The Balaban J connectivity index is 2.04. The number of hydrogen-bond donors (Lipinski definition) is 2.